The predicted octanol–water partition coefficient (Wildman–Crippen LogP) is 2.41. The molecule has 2 amide bonds. The summed E-state index contributed by atoms with van der Waals surface area (Å²) in [6.45, 7) is 3.45. The molecular formula is C18H15BrN2O5. The second-order valence-corrected chi connectivity index (χ2v) is 6.14. The van der Waals surface area contributed by atoms with Gasteiger partial charge in [-0.15, -0.1) is 0 Å². The van der Waals surface area contributed by atoms with Gasteiger partial charge in [-0.3, -0.25) is 9.59 Å². The first-order valence-electron chi connectivity index (χ1n) is 7.37. The molecule has 8 heteroatoms. The molecule has 134 valence electrons. The molecule has 0 spiro atoms. The van der Waals surface area contributed by atoms with Crippen molar-refractivity contribution < 1.29 is 24.6 Å². The number of hydrogen-bond donors (Lipinski definition) is 4. The maximum Gasteiger partial charge on any atom is 0.351 e. The maximum absolute atomic E-state index is 12.2. The van der Waals surface area contributed by atoms with Crippen LogP contribution >= 0.6 is 15.9 Å². The fourth-order valence-electron chi connectivity index (χ4n) is 2.05. The summed E-state index contributed by atoms with van der Waals surface area (Å²) >= 11 is 3.20. The Labute approximate surface area is 157 Å². The number of hydrogen-bond acceptors (Lipinski definition) is 4. The lowest BCUT2D eigenvalue weighted by Crippen LogP contribution is -2.27. The van der Waals surface area contributed by atoms with Crippen LogP contribution in [0.1, 0.15) is 26.3 Å². The average molecular weight is 419 g/mol. The number of rotatable bonds is 6. The van der Waals surface area contributed by atoms with Crippen LogP contribution in [0.4, 0.5) is 0 Å². The summed E-state index contributed by atoms with van der Waals surface area (Å²) in [5.74, 6) is -2.25. The van der Waals surface area contributed by atoms with E-state index in [4.69, 9.17) is 5.11 Å². The van der Waals surface area contributed by atoms with E-state index in [2.05, 4.69) is 33.1 Å². The molecule has 0 aromatic heterocycles. The molecule has 0 saturated carbocycles. The number of carboxylic acids is 1. The summed E-state index contributed by atoms with van der Waals surface area (Å²) in [6.07, 6.45) is 0. The van der Waals surface area contributed by atoms with E-state index < -0.39 is 17.6 Å². The number of nitrogens with one attached hydrogen (secondary N) is 2. The minimum Gasteiger partial charge on any atom is -0.508 e. The van der Waals surface area contributed by atoms with Crippen LogP contribution in [0.3, 0.4) is 0 Å². The number of phenols is 1. The highest BCUT2D eigenvalue weighted by Gasteiger charge is 2.16. The molecule has 0 atom stereocenters. The smallest absolute Gasteiger partial charge is 0.351 e. The average Bonchev–Trinajstić information content (AvgIpc) is 2.59. The van der Waals surface area contributed by atoms with Gasteiger partial charge in [0.1, 0.15) is 11.4 Å². The second-order valence-electron chi connectivity index (χ2n) is 5.29. The third-order valence-corrected chi connectivity index (χ3v) is 4.02. The van der Waals surface area contributed by atoms with Crippen LogP contribution in [0.25, 0.3) is 0 Å². The minimum absolute atomic E-state index is 0.109. The largest absolute Gasteiger partial charge is 0.508 e. The number of amides is 2. The number of carbonyl (C=O) groups excluding carboxylic acids is 2. The summed E-state index contributed by atoms with van der Waals surface area (Å²) in [7, 11) is 0. The van der Waals surface area contributed by atoms with Crippen molar-refractivity contribution in [2.45, 2.75) is 6.54 Å². The fourth-order valence-corrected chi connectivity index (χ4v) is 2.61. The van der Waals surface area contributed by atoms with Crippen molar-refractivity contribution in [1.29, 1.82) is 0 Å². The number of aromatic hydroxyl groups is 1. The SMILES string of the molecule is C=C(NC(=O)c1ccc(C(=O)NCc2cccc(O)c2)cc1Br)C(=O)O. The highest BCUT2D eigenvalue weighted by molar-refractivity contribution is 9.10. The Morgan fingerprint density at radius 1 is 1.08 bits per heavy atom. The van der Waals surface area contributed by atoms with E-state index in [0.29, 0.717) is 10.0 Å². The first-order valence-corrected chi connectivity index (χ1v) is 8.16. The van der Waals surface area contributed by atoms with Gasteiger partial charge in [0.25, 0.3) is 11.8 Å². The van der Waals surface area contributed by atoms with Gasteiger partial charge in [-0.2, -0.15) is 0 Å². The zero-order valence-corrected chi connectivity index (χ0v) is 15.0. The first-order chi connectivity index (χ1) is 12.3. The van der Waals surface area contributed by atoms with Crippen molar-refractivity contribution >= 4 is 33.7 Å². The number of benzene rings is 2. The lowest BCUT2D eigenvalue weighted by Gasteiger charge is -2.09. The highest BCUT2D eigenvalue weighted by atomic mass is 79.9. The zero-order chi connectivity index (χ0) is 19.3. The molecule has 0 aliphatic carbocycles. The molecule has 0 aliphatic rings. The minimum atomic E-state index is -1.34. The summed E-state index contributed by atoms with van der Waals surface area (Å²) in [5.41, 5.74) is 0.762. The molecule has 4 N–H and O–H groups in total. The second kappa shape index (κ2) is 8.30. The number of phenolic OH excluding ortho intramolecular Hbond substituents is 1. The first kappa shape index (κ1) is 19.2. The van der Waals surface area contributed by atoms with E-state index in [1.54, 1.807) is 18.2 Å². The van der Waals surface area contributed by atoms with Crippen molar-refractivity contribution in [1.82, 2.24) is 10.6 Å². The number of carbonyl (C=O) groups is 3. The van der Waals surface area contributed by atoms with E-state index in [9.17, 15) is 19.5 Å². The van der Waals surface area contributed by atoms with Gasteiger partial charge in [0.2, 0.25) is 0 Å². The summed E-state index contributed by atoms with van der Waals surface area (Å²) in [6, 6.07) is 10.8. The topological polar surface area (TPSA) is 116 Å². The number of halogens is 1. The van der Waals surface area contributed by atoms with Crippen molar-refractivity contribution in [2.24, 2.45) is 0 Å². The molecule has 0 radical (unpaired) electrons. The third kappa shape index (κ3) is 4.93. The van der Waals surface area contributed by atoms with Gasteiger partial charge in [-0.05, 0) is 51.8 Å². The Balaban J connectivity index is 2.06. The monoisotopic (exact) mass is 418 g/mol. The Kier molecular flexibility index (Phi) is 6.13. The van der Waals surface area contributed by atoms with Gasteiger partial charge in [0.15, 0.2) is 0 Å². The van der Waals surface area contributed by atoms with Crippen LogP contribution < -0.4 is 10.6 Å². The molecule has 0 aliphatic heterocycles. The van der Waals surface area contributed by atoms with Crippen LogP contribution in [-0.2, 0) is 11.3 Å². The molecule has 0 saturated heterocycles. The molecule has 7 nitrogen and oxygen atoms in total. The van der Waals surface area contributed by atoms with E-state index in [1.807, 2.05) is 0 Å². The standard InChI is InChI=1S/C18H15BrN2O5/c1-10(18(25)26)21-17(24)14-6-5-12(8-15(14)19)16(23)20-9-11-3-2-4-13(22)7-11/h2-8,22H,1,9H2,(H,20,23)(H,21,24)(H,25,26). The van der Waals surface area contributed by atoms with Crippen molar-refractivity contribution in [3.8, 4) is 5.75 Å². The normalized spacial score (nSPS) is 10.0. The maximum atomic E-state index is 12.2. The summed E-state index contributed by atoms with van der Waals surface area (Å²) < 4.78 is 0.332. The number of aliphatic carboxylic acids is 1. The van der Waals surface area contributed by atoms with Crippen molar-refractivity contribution in [3.63, 3.8) is 0 Å². The Morgan fingerprint density at radius 2 is 1.81 bits per heavy atom. The lowest BCUT2D eigenvalue weighted by molar-refractivity contribution is -0.132. The van der Waals surface area contributed by atoms with Gasteiger partial charge in [0, 0.05) is 16.6 Å². The lowest BCUT2D eigenvalue weighted by atomic mass is 10.1. The van der Waals surface area contributed by atoms with Crippen LogP contribution in [-0.4, -0.2) is 28.0 Å². The molecule has 0 unspecified atom stereocenters. The molecule has 2 aromatic carbocycles. The van der Waals surface area contributed by atoms with Gasteiger partial charge in [-0.1, -0.05) is 18.7 Å². The number of carboxylic acid groups (broad SMARTS) is 1. The Bertz CT molecular complexity index is 895. The molecule has 0 fully saturated rings. The van der Waals surface area contributed by atoms with Gasteiger partial charge >= 0.3 is 5.97 Å². The van der Waals surface area contributed by atoms with E-state index >= 15 is 0 Å². The van der Waals surface area contributed by atoms with E-state index in [-0.39, 0.29) is 23.8 Å². The van der Waals surface area contributed by atoms with Gasteiger partial charge < -0.3 is 20.8 Å². The molecule has 2 aromatic rings. The zero-order valence-electron chi connectivity index (χ0n) is 13.5. The van der Waals surface area contributed by atoms with E-state index in [1.165, 1.54) is 24.3 Å². The Morgan fingerprint density at radius 3 is 2.42 bits per heavy atom. The fraction of sp³-hybridized carbons (Fsp3) is 0.0556. The van der Waals surface area contributed by atoms with Crippen LogP contribution in [0.15, 0.2) is 59.2 Å². The molecule has 2 rings (SSSR count). The molecular weight excluding hydrogens is 404 g/mol. The van der Waals surface area contributed by atoms with Gasteiger partial charge in [-0.25, -0.2) is 4.79 Å². The van der Waals surface area contributed by atoms with Crippen molar-refractivity contribution in [2.75, 3.05) is 0 Å². The van der Waals surface area contributed by atoms with Crippen LogP contribution in [0.5, 0.6) is 5.75 Å². The highest BCUT2D eigenvalue weighted by Crippen LogP contribution is 2.19. The summed E-state index contributed by atoms with van der Waals surface area (Å²) in [4.78, 5) is 34.9. The molecule has 26 heavy (non-hydrogen) atoms. The molecule has 0 bridgehead atoms. The quantitative estimate of drug-likeness (QED) is 0.537. The summed E-state index contributed by atoms with van der Waals surface area (Å²) in [5, 5.41) is 23.0. The Hall–Kier alpha value is -3.13. The van der Waals surface area contributed by atoms with Crippen LogP contribution in [0.2, 0.25) is 0 Å². The van der Waals surface area contributed by atoms with Crippen molar-refractivity contribution in [3.05, 3.63) is 75.9 Å². The third-order valence-electron chi connectivity index (χ3n) is 3.36. The van der Waals surface area contributed by atoms with Crippen LogP contribution in [0, 0.1) is 0 Å². The molecule has 0 heterocycles. The van der Waals surface area contributed by atoms with E-state index in [0.717, 1.165) is 5.56 Å². The van der Waals surface area contributed by atoms with Gasteiger partial charge in [0.05, 0.1) is 5.56 Å². The predicted molar refractivity (Wildman–Crippen MR) is 97.7 cm³/mol.